The van der Waals surface area contributed by atoms with Crippen LogP contribution in [0.15, 0.2) is 36.4 Å². The number of rotatable bonds is 6. The van der Waals surface area contributed by atoms with Crippen molar-refractivity contribution in [3.63, 3.8) is 0 Å². The first-order valence-corrected chi connectivity index (χ1v) is 14.8. The summed E-state index contributed by atoms with van der Waals surface area (Å²) >= 11 is 0. The van der Waals surface area contributed by atoms with Gasteiger partial charge in [0.1, 0.15) is 5.82 Å². The molecular formula is C31H39F4N5O3. The largest absolute Gasteiger partial charge is 0.393 e. The Labute approximate surface area is 249 Å². The number of alkyl halides is 3. The summed E-state index contributed by atoms with van der Waals surface area (Å²) < 4.78 is 62.6. The maximum absolute atomic E-state index is 15.3. The zero-order valence-corrected chi connectivity index (χ0v) is 24.7. The van der Waals surface area contributed by atoms with Gasteiger partial charge in [0.15, 0.2) is 0 Å². The molecule has 3 saturated heterocycles. The first kappa shape index (κ1) is 31.2. The Balaban J connectivity index is 1.45. The lowest BCUT2D eigenvalue weighted by molar-refractivity contribution is -0.197. The molecule has 3 fully saturated rings. The summed E-state index contributed by atoms with van der Waals surface area (Å²) in [5.41, 5.74) is 2.72. The van der Waals surface area contributed by atoms with Crippen molar-refractivity contribution in [1.82, 2.24) is 15.1 Å². The molecule has 0 saturated carbocycles. The van der Waals surface area contributed by atoms with Gasteiger partial charge in [0.25, 0.3) is 0 Å². The van der Waals surface area contributed by atoms with Crippen LogP contribution in [0.3, 0.4) is 0 Å². The molecule has 8 nitrogen and oxygen atoms in total. The minimum absolute atomic E-state index is 0.0892. The monoisotopic (exact) mass is 605 g/mol. The number of anilines is 2. The van der Waals surface area contributed by atoms with Gasteiger partial charge in [-0.2, -0.15) is 13.2 Å². The second-order valence-electron chi connectivity index (χ2n) is 12.0. The number of nitrogens with one attached hydrogen (secondary N) is 2. The van der Waals surface area contributed by atoms with E-state index in [1.807, 2.05) is 20.9 Å². The molecular weight excluding hydrogens is 566 g/mol. The molecule has 2 aromatic carbocycles. The molecule has 3 aliphatic rings. The van der Waals surface area contributed by atoms with E-state index >= 15 is 4.39 Å². The first-order valence-electron chi connectivity index (χ1n) is 14.8. The van der Waals surface area contributed by atoms with Gasteiger partial charge in [-0.1, -0.05) is 12.1 Å². The Hall–Kier alpha value is -3.22. The lowest BCUT2D eigenvalue weighted by Gasteiger charge is -2.36. The smallest absolute Gasteiger partial charge is 0.373 e. The van der Waals surface area contributed by atoms with Crippen molar-refractivity contribution in [2.45, 2.75) is 45.2 Å². The van der Waals surface area contributed by atoms with Gasteiger partial charge in [-0.05, 0) is 56.3 Å². The number of benzene rings is 2. The number of nitrogens with zero attached hydrogens (tertiary/aromatic N) is 3. The van der Waals surface area contributed by atoms with Crippen LogP contribution < -0.4 is 15.5 Å². The molecule has 3 heterocycles. The Morgan fingerprint density at radius 3 is 2.42 bits per heavy atom. The number of piperazine rings is 1. The van der Waals surface area contributed by atoms with E-state index in [9.17, 15) is 22.8 Å². The first-order chi connectivity index (χ1) is 20.4. The van der Waals surface area contributed by atoms with E-state index in [1.165, 1.54) is 6.07 Å². The van der Waals surface area contributed by atoms with Crippen LogP contribution in [-0.2, 0) is 20.9 Å². The van der Waals surface area contributed by atoms with Crippen molar-refractivity contribution in [3.05, 3.63) is 47.8 Å². The van der Waals surface area contributed by atoms with E-state index in [0.717, 1.165) is 31.7 Å². The molecule has 234 valence electrons. The van der Waals surface area contributed by atoms with Crippen LogP contribution in [0.25, 0.3) is 11.1 Å². The number of halogens is 4. The lowest BCUT2D eigenvalue weighted by atomic mass is 9.84. The Kier molecular flexibility index (Phi) is 9.29. The molecule has 4 atom stereocenters. The zero-order valence-electron chi connectivity index (χ0n) is 24.7. The Morgan fingerprint density at radius 2 is 1.74 bits per heavy atom. The molecule has 0 aliphatic carbocycles. The number of hydrogen-bond acceptors (Lipinski definition) is 6. The third kappa shape index (κ3) is 7.47. The highest BCUT2D eigenvalue weighted by atomic mass is 19.4. The van der Waals surface area contributed by atoms with Crippen LogP contribution in [0.4, 0.5) is 28.9 Å². The second kappa shape index (κ2) is 12.8. The maximum Gasteiger partial charge on any atom is 0.393 e. The number of piperidine rings is 1. The van der Waals surface area contributed by atoms with Gasteiger partial charge in [0, 0.05) is 64.3 Å². The zero-order chi connectivity index (χ0) is 30.9. The van der Waals surface area contributed by atoms with Gasteiger partial charge < -0.3 is 25.2 Å². The molecule has 5 rings (SSSR count). The summed E-state index contributed by atoms with van der Waals surface area (Å²) in [5.74, 6) is -5.58. The average molecular weight is 606 g/mol. The molecule has 43 heavy (non-hydrogen) atoms. The van der Waals surface area contributed by atoms with E-state index in [2.05, 4.69) is 25.3 Å². The highest BCUT2D eigenvalue weighted by Gasteiger charge is 2.50. The van der Waals surface area contributed by atoms with Crippen molar-refractivity contribution in [3.8, 4) is 11.1 Å². The molecule has 0 radical (unpaired) electrons. The average Bonchev–Trinajstić information content (AvgIpc) is 2.93. The standard InChI is InChI=1S/C31H39F4N5O3/c1-19-16-39(17-20(2)43-19)18-21-4-6-26(32)23(12-21)22-5-7-28(40-10-8-38(3)9-11-40)27(13-22)37-30(42)24-15-36-29(41)14-25(24)31(33,34)35/h4-7,12-13,19-20,24-25H,8-11,14-18H2,1-3H3,(H,36,41)(H,37,42)/t19-,20+,24?,25?. The third-order valence-electron chi connectivity index (χ3n) is 8.51. The predicted molar refractivity (Wildman–Crippen MR) is 156 cm³/mol. The van der Waals surface area contributed by atoms with Crippen LogP contribution in [-0.4, -0.2) is 92.9 Å². The van der Waals surface area contributed by atoms with Crippen LogP contribution in [0.1, 0.15) is 25.8 Å². The normalized spacial score (nSPS) is 25.8. The molecule has 0 spiro atoms. The van der Waals surface area contributed by atoms with Gasteiger partial charge in [-0.25, -0.2) is 4.39 Å². The summed E-state index contributed by atoms with van der Waals surface area (Å²) in [4.78, 5) is 31.6. The Morgan fingerprint density at radius 1 is 1.05 bits per heavy atom. The molecule has 12 heteroatoms. The Bertz CT molecular complexity index is 1320. The fraction of sp³-hybridized carbons (Fsp3) is 0.548. The number of hydrogen-bond donors (Lipinski definition) is 2. The van der Waals surface area contributed by atoms with Crippen molar-refractivity contribution < 1.29 is 31.9 Å². The topological polar surface area (TPSA) is 77.2 Å². The molecule has 0 bridgehead atoms. The molecule has 0 aromatic heterocycles. The lowest BCUT2D eigenvalue weighted by Crippen LogP contribution is -2.50. The van der Waals surface area contributed by atoms with E-state index < -0.39 is 48.6 Å². The maximum atomic E-state index is 15.3. The van der Waals surface area contributed by atoms with Gasteiger partial charge in [0.05, 0.1) is 35.4 Å². The third-order valence-corrected chi connectivity index (χ3v) is 8.51. The molecule has 3 aliphatic heterocycles. The number of amides is 2. The molecule has 2 unspecified atom stereocenters. The number of ether oxygens (including phenoxy) is 1. The van der Waals surface area contributed by atoms with Gasteiger partial charge in [-0.3, -0.25) is 14.5 Å². The van der Waals surface area contributed by atoms with Gasteiger partial charge >= 0.3 is 6.18 Å². The second-order valence-corrected chi connectivity index (χ2v) is 12.0. The fourth-order valence-corrected chi connectivity index (χ4v) is 6.32. The highest BCUT2D eigenvalue weighted by molar-refractivity contribution is 5.98. The highest BCUT2D eigenvalue weighted by Crippen LogP contribution is 2.39. The summed E-state index contributed by atoms with van der Waals surface area (Å²) in [6, 6.07) is 10.2. The van der Waals surface area contributed by atoms with Gasteiger partial charge in [0.2, 0.25) is 11.8 Å². The predicted octanol–water partition coefficient (Wildman–Crippen LogP) is 4.11. The number of likely N-dealkylation sites (N-methyl/N-ethyl adjacent to an activating group) is 1. The van der Waals surface area contributed by atoms with Crippen LogP contribution in [0.2, 0.25) is 0 Å². The summed E-state index contributed by atoms with van der Waals surface area (Å²) in [5, 5.41) is 5.13. The molecule has 2 aromatic rings. The number of carbonyl (C=O) groups excluding carboxylic acids is 2. The summed E-state index contributed by atoms with van der Waals surface area (Å²) in [6.45, 7) is 8.62. The number of carbonyl (C=O) groups is 2. The van der Waals surface area contributed by atoms with Gasteiger partial charge in [-0.15, -0.1) is 0 Å². The summed E-state index contributed by atoms with van der Waals surface area (Å²) in [7, 11) is 2.01. The van der Waals surface area contributed by atoms with E-state index in [-0.39, 0.29) is 12.2 Å². The van der Waals surface area contributed by atoms with Crippen LogP contribution in [0.5, 0.6) is 0 Å². The van der Waals surface area contributed by atoms with Crippen molar-refractivity contribution >= 4 is 23.2 Å². The van der Waals surface area contributed by atoms with Crippen molar-refractivity contribution in [2.24, 2.45) is 11.8 Å². The fourth-order valence-electron chi connectivity index (χ4n) is 6.32. The van der Waals surface area contributed by atoms with Crippen LogP contribution >= 0.6 is 0 Å². The van der Waals surface area contributed by atoms with Crippen molar-refractivity contribution in [1.29, 1.82) is 0 Å². The number of morpholine rings is 1. The van der Waals surface area contributed by atoms with Crippen LogP contribution in [0, 0.1) is 17.7 Å². The van der Waals surface area contributed by atoms with Crippen molar-refractivity contribution in [2.75, 3.05) is 63.1 Å². The minimum atomic E-state index is -4.71. The van der Waals surface area contributed by atoms with E-state index in [1.54, 1.807) is 30.3 Å². The quantitative estimate of drug-likeness (QED) is 0.483. The SMILES string of the molecule is C[C@@H]1CN(Cc2ccc(F)c(-c3ccc(N4CCN(C)CC4)c(NC(=O)C4CNC(=O)CC4C(F)(F)F)c3)c2)C[C@H](C)O1. The van der Waals surface area contributed by atoms with E-state index in [4.69, 9.17) is 4.74 Å². The minimum Gasteiger partial charge on any atom is -0.373 e. The summed E-state index contributed by atoms with van der Waals surface area (Å²) in [6.07, 6.45) is -5.33. The van der Waals surface area contributed by atoms with E-state index in [0.29, 0.717) is 42.1 Å². The molecule has 2 N–H and O–H groups in total. The molecule has 2 amide bonds.